The van der Waals surface area contributed by atoms with Gasteiger partial charge in [-0.1, -0.05) is 0 Å². The van der Waals surface area contributed by atoms with E-state index in [-0.39, 0.29) is 11.5 Å². The van der Waals surface area contributed by atoms with Crippen molar-refractivity contribution < 1.29 is 12.8 Å². The molecule has 0 saturated heterocycles. The van der Waals surface area contributed by atoms with Gasteiger partial charge < -0.3 is 11.1 Å². The molecular formula is C21H20BrFN6O2S. The van der Waals surface area contributed by atoms with Crippen molar-refractivity contribution in [3.8, 4) is 0 Å². The quantitative estimate of drug-likeness (QED) is 0.547. The first kappa shape index (κ1) is 21.1. The maximum Gasteiger partial charge on any atom is 0.242 e. The van der Waals surface area contributed by atoms with Gasteiger partial charge in [0.15, 0.2) is 5.82 Å². The number of benzene rings is 1. The number of nitrogens with zero attached hydrogens (tertiary/aromatic N) is 4. The van der Waals surface area contributed by atoms with Crippen LogP contribution in [0.25, 0.3) is 10.9 Å². The second-order valence-corrected chi connectivity index (χ2v) is 11.1. The third-order valence-electron chi connectivity index (χ3n) is 6.20. The van der Waals surface area contributed by atoms with Gasteiger partial charge in [-0.2, -0.15) is 0 Å². The zero-order chi connectivity index (χ0) is 22.7. The minimum absolute atomic E-state index is 0.133. The third-order valence-corrected chi connectivity index (χ3v) is 8.93. The monoisotopic (exact) mass is 518 g/mol. The lowest BCUT2D eigenvalue weighted by molar-refractivity contribution is 0.399. The standard InChI is InChI=1S/C21H20BrFN6O2S/c1-29-20(24)28-21(7-2-3-17(21)32(29,30)31)15-10-14(4-5-16(15)23)27-19-18-12(6-8-25-19)9-13(22)11-26-18/h4-6,8-11,17H,2-3,7H2,1H3,(H2,24,28)(H,25,27)/t17-,21-/m1/s1. The summed E-state index contributed by atoms with van der Waals surface area (Å²) >= 11 is 3.41. The Labute approximate surface area is 192 Å². The summed E-state index contributed by atoms with van der Waals surface area (Å²) in [4.78, 5) is 13.3. The predicted octanol–water partition coefficient (Wildman–Crippen LogP) is 3.61. The van der Waals surface area contributed by atoms with E-state index < -0.39 is 26.6 Å². The van der Waals surface area contributed by atoms with Crippen LogP contribution in [0.2, 0.25) is 0 Å². The average molecular weight is 519 g/mol. The van der Waals surface area contributed by atoms with Crippen LogP contribution in [0, 0.1) is 5.82 Å². The van der Waals surface area contributed by atoms with Crippen LogP contribution in [-0.2, 0) is 15.6 Å². The van der Waals surface area contributed by atoms with Gasteiger partial charge >= 0.3 is 0 Å². The molecule has 166 valence electrons. The van der Waals surface area contributed by atoms with Crippen molar-refractivity contribution in [1.82, 2.24) is 14.3 Å². The van der Waals surface area contributed by atoms with Gasteiger partial charge in [-0.05, 0) is 65.5 Å². The number of aliphatic imine (C=N–C) groups is 1. The molecule has 2 atom stereocenters. The molecule has 3 N–H and O–H groups in total. The maximum absolute atomic E-state index is 15.1. The molecule has 3 aromatic rings. The first-order chi connectivity index (χ1) is 15.2. The van der Waals surface area contributed by atoms with Crippen LogP contribution in [0.3, 0.4) is 0 Å². The highest BCUT2D eigenvalue weighted by molar-refractivity contribution is 9.10. The molecule has 1 aromatic carbocycles. The van der Waals surface area contributed by atoms with E-state index in [0.29, 0.717) is 36.3 Å². The van der Waals surface area contributed by atoms with Crippen LogP contribution in [0.1, 0.15) is 24.8 Å². The number of hydrogen-bond acceptors (Lipinski definition) is 7. The molecule has 2 aliphatic rings. The number of fused-ring (bicyclic) bond motifs is 2. The zero-order valence-corrected chi connectivity index (χ0v) is 19.5. The molecule has 0 unspecified atom stereocenters. The van der Waals surface area contributed by atoms with E-state index in [0.717, 1.165) is 14.2 Å². The Hall–Kier alpha value is -2.79. The number of pyridine rings is 2. The number of guanidine groups is 1. The summed E-state index contributed by atoms with van der Waals surface area (Å²) in [6.45, 7) is 0. The minimum Gasteiger partial charge on any atom is -0.369 e. The predicted molar refractivity (Wildman–Crippen MR) is 125 cm³/mol. The molecule has 1 fully saturated rings. The van der Waals surface area contributed by atoms with Crippen molar-refractivity contribution in [2.75, 3.05) is 12.4 Å². The maximum atomic E-state index is 15.1. The van der Waals surface area contributed by atoms with Gasteiger partial charge in [-0.3, -0.25) is 4.98 Å². The Bertz CT molecular complexity index is 1380. The molecule has 1 aliphatic carbocycles. The third kappa shape index (κ3) is 3.14. The number of nitrogens with one attached hydrogen (secondary N) is 1. The smallest absolute Gasteiger partial charge is 0.242 e. The molecule has 11 heteroatoms. The van der Waals surface area contributed by atoms with E-state index >= 15 is 4.39 Å². The van der Waals surface area contributed by atoms with Crippen LogP contribution in [0.4, 0.5) is 15.9 Å². The summed E-state index contributed by atoms with van der Waals surface area (Å²) in [6, 6.07) is 8.26. The van der Waals surface area contributed by atoms with Crippen LogP contribution in [0.5, 0.6) is 0 Å². The van der Waals surface area contributed by atoms with Crippen molar-refractivity contribution in [2.45, 2.75) is 30.1 Å². The van der Waals surface area contributed by atoms with Crippen molar-refractivity contribution in [3.05, 3.63) is 58.6 Å². The SMILES string of the molecule is CN1C(N)=N[C@@]2(c3cc(Nc4nccc5cc(Br)cnc45)ccc3F)CCC[C@H]2S1(=O)=O. The molecule has 1 saturated carbocycles. The second-order valence-electron chi connectivity index (χ2n) is 7.99. The topological polar surface area (TPSA) is 114 Å². The molecule has 5 rings (SSSR count). The highest BCUT2D eigenvalue weighted by Gasteiger charge is 2.56. The number of aromatic nitrogens is 2. The van der Waals surface area contributed by atoms with Crippen molar-refractivity contribution in [1.29, 1.82) is 0 Å². The van der Waals surface area contributed by atoms with Gasteiger partial charge in [0.05, 0.1) is 0 Å². The number of anilines is 2. The Morgan fingerprint density at radius 2 is 2.09 bits per heavy atom. The minimum atomic E-state index is -3.75. The van der Waals surface area contributed by atoms with Crippen LogP contribution in [0.15, 0.2) is 52.2 Å². The summed E-state index contributed by atoms with van der Waals surface area (Å²) in [7, 11) is -2.38. The number of rotatable bonds is 3. The van der Waals surface area contributed by atoms with E-state index in [4.69, 9.17) is 5.73 Å². The number of halogens is 2. The molecule has 0 bridgehead atoms. The molecule has 8 nitrogen and oxygen atoms in total. The van der Waals surface area contributed by atoms with Crippen LogP contribution in [-0.4, -0.2) is 40.9 Å². The fraction of sp³-hybridized carbons (Fsp3) is 0.286. The second kappa shape index (κ2) is 7.38. The molecule has 32 heavy (non-hydrogen) atoms. The van der Waals surface area contributed by atoms with E-state index in [2.05, 4.69) is 36.2 Å². The molecule has 0 radical (unpaired) electrons. The van der Waals surface area contributed by atoms with E-state index in [1.807, 2.05) is 12.1 Å². The molecule has 1 aliphatic heterocycles. The lowest BCUT2D eigenvalue weighted by Crippen LogP contribution is -2.55. The zero-order valence-electron chi connectivity index (χ0n) is 17.1. The fourth-order valence-corrected chi connectivity index (χ4v) is 6.93. The molecular weight excluding hydrogens is 499 g/mol. The largest absolute Gasteiger partial charge is 0.369 e. The molecule has 3 heterocycles. The van der Waals surface area contributed by atoms with E-state index in [1.54, 1.807) is 24.5 Å². The van der Waals surface area contributed by atoms with E-state index in [9.17, 15) is 8.42 Å². The first-order valence-electron chi connectivity index (χ1n) is 10.0. The molecule has 0 amide bonds. The van der Waals surface area contributed by atoms with Gasteiger partial charge in [0.25, 0.3) is 0 Å². The van der Waals surface area contributed by atoms with E-state index in [1.165, 1.54) is 13.1 Å². The van der Waals surface area contributed by atoms with Gasteiger partial charge in [-0.15, -0.1) is 0 Å². The summed E-state index contributed by atoms with van der Waals surface area (Å²) in [6.07, 6.45) is 4.73. The average Bonchev–Trinajstić information content (AvgIpc) is 3.19. The first-order valence-corrected chi connectivity index (χ1v) is 12.3. The van der Waals surface area contributed by atoms with Gasteiger partial charge in [0, 0.05) is 40.6 Å². The number of sulfonamides is 1. The summed E-state index contributed by atoms with van der Waals surface area (Å²) in [5.41, 5.74) is 6.11. The fourth-order valence-electron chi connectivity index (χ4n) is 4.64. The summed E-state index contributed by atoms with van der Waals surface area (Å²) in [5.74, 6) is -0.148. The van der Waals surface area contributed by atoms with Crippen LogP contribution < -0.4 is 11.1 Å². The van der Waals surface area contributed by atoms with Crippen molar-refractivity contribution >= 4 is 54.3 Å². The summed E-state index contributed by atoms with van der Waals surface area (Å²) in [5, 5.41) is 3.21. The Balaban J connectivity index is 1.61. The molecule has 2 aromatic heterocycles. The highest BCUT2D eigenvalue weighted by Crippen LogP contribution is 2.50. The Morgan fingerprint density at radius 1 is 1.28 bits per heavy atom. The normalized spacial score (nSPS) is 24.3. The highest BCUT2D eigenvalue weighted by atomic mass is 79.9. The Kier molecular flexibility index (Phi) is 4.86. The van der Waals surface area contributed by atoms with Gasteiger partial charge in [-0.25, -0.2) is 27.1 Å². The number of nitrogens with two attached hydrogens (primary N) is 1. The Morgan fingerprint density at radius 3 is 2.91 bits per heavy atom. The van der Waals surface area contributed by atoms with Crippen LogP contribution >= 0.6 is 15.9 Å². The van der Waals surface area contributed by atoms with Gasteiger partial charge in [0.1, 0.15) is 22.1 Å². The van der Waals surface area contributed by atoms with Crippen molar-refractivity contribution in [3.63, 3.8) is 0 Å². The lowest BCUT2D eigenvalue weighted by Gasteiger charge is -2.39. The van der Waals surface area contributed by atoms with Gasteiger partial charge in [0.2, 0.25) is 16.0 Å². The van der Waals surface area contributed by atoms with Crippen molar-refractivity contribution in [2.24, 2.45) is 10.7 Å². The summed E-state index contributed by atoms with van der Waals surface area (Å²) < 4.78 is 43.1. The number of hydrogen-bond donors (Lipinski definition) is 2. The molecule has 0 spiro atoms. The lowest BCUT2D eigenvalue weighted by atomic mass is 9.87.